The zero-order valence-corrected chi connectivity index (χ0v) is 24.7. The number of amides is 2. The smallest absolute Gasteiger partial charge is 0.352 e. The average molecular weight is 631 g/mol. The van der Waals surface area contributed by atoms with Crippen molar-refractivity contribution in [2.75, 3.05) is 10.8 Å². The molecule has 0 saturated carbocycles. The van der Waals surface area contributed by atoms with Gasteiger partial charge in [-0.25, -0.2) is 8.42 Å². The first-order valence-corrected chi connectivity index (χ1v) is 14.6. The van der Waals surface area contributed by atoms with Crippen molar-refractivity contribution < 1.29 is 31.2 Å². The summed E-state index contributed by atoms with van der Waals surface area (Å²) >= 11 is 12.1. The minimum absolute atomic E-state index is 0.162. The minimum Gasteiger partial charge on any atom is -0.352 e. The quantitative estimate of drug-likeness (QED) is 0.291. The van der Waals surface area contributed by atoms with Gasteiger partial charge in [0.25, 0.3) is 10.0 Å². The minimum atomic E-state index is -4.76. The predicted octanol–water partition coefficient (Wildman–Crippen LogP) is 6.15. The Morgan fingerprint density at radius 2 is 1.56 bits per heavy atom. The summed E-state index contributed by atoms with van der Waals surface area (Å²) in [6.45, 7) is 3.88. The number of carbonyl (C=O) groups excluding carboxylic acids is 2. The lowest BCUT2D eigenvalue weighted by Crippen LogP contribution is -2.52. The van der Waals surface area contributed by atoms with Crippen molar-refractivity contribution in [3.63, 3.8) is 0 Å². The average Bonchev–Trinajstić information content (AvgIpc) is 2.91. The number of sulfonamides is 1. The predicted molar refractivity (Wildman–Crippen MR) is 152 cm³/mol. The van der Waals surface area contributed by atoms with E-state index in [2.05, 4.69) is 5.32 Å². The number of nitrogens with one attached hydrogen (secondary N) is 1. The van der Waals surface area contributed by atoms with Gasteiger partial charge in [0.1, 0.15) is 12.6 Å². The fourth-order valence-corrected chi connectivity index (χ4v) is 5.66. The third-order valence-corrected chi connectivity index (χ3v) is 8.53. The van der Waals surface area contributed by atoms with Crippen LogP contribution in [-0.4, -0.2) is 43.8 Å². The monoisotopic (exact) mass is 629 g/mol. The first kappa shape index (κ1) is 32.2. The number of alkyl halides is 3. The molecule has 0 fully saturated rings. The molecule has 0 aromatic heterocycles. The van der Waals surface area contributed by atoms with E-state index in [1.54, 1.807) is 26.0 Å². The van der Waals surface area contributed by atoms with E-state index in [0.717, 1.165) is 17.0 Å². The zero-order chi connectivity index (χ0) is 30.5. The largest absolute Gasteiger partial charge is 0.416 e. The number of anilines is 1. The molecule has 0 saturated heterocycles. The van der Waals surface area contributed by atoms with Gasteiger partial charge in [-0.05, 0) is 68.8 Å². The van der Waals surface area contributed by atoms with Crippen molar-refractivity contribution in [1.29, 1.82) is 0 Å². The van der Waals surface area contributed by atoms with E-state index < -0.39 is 46.2 Å². The lowest BCUT2D eigenvalue weighted by molar-refractivity contribution is -0.139. The van der Waals surface area contributed by atoms with Crippen LogP contribution < -0.4 is 9.62 Å². The van der Waals surface area contributed by atoms with Gasteiger partial charge in [0, 0.05) is 12.6 Å². The molecule has 0 spiro atoms. The van der Waals surface area contributed by atoms with Gasteiger partial charge in [-0.1, -0.05) is 53.5 Å². The highest BCUT2D eigenvalue weighted by Crippen LogP contribution is 2.33. The van der Waals surface area contributed by atoms with Crippen LogP contribution >= 0.6 is 23.2 Å². The van der Waals surface area contributed by atoms with Crippen LogP contribution in [0.2, 0.25) is 10.0 Å². The van der Waals surface area contributed by atoms with Crippen LogP contribution in [0.1, 0.15) is 31.9 Å². The normalized spacial score (nSPS) is 12.6. The lowest BCUT2D eigenvalue weighted by atomic mass is 10.1. The molecule has 0 radical (unpaired) electrons. The van der Waals surface area contributed by atoms with Crippen molar-refractivity contribution in [3.05, 3.63) is 94.0 Å². The maximum absolute atomic E-state index is 13.8. The Morgan fingerprint density at radius 3 is 2.15 bits per heavy atom. The Hall–Kier alpha value is -3.28. The molecule has 3 aromatic carbocycles. The molecule has 13 heteroatoms. The molecule has 1 atom stereocenters. The van der Waals surface area contributed by atoms with Crippen molar-refractivity contribution in [3.8, 4) is 0 Å². The zero-order valence-electron chi connectivity index (χ0n) is 22.3. The summed E-state index contributed by atoms with van der Waals surface area (Å²) in [4.78, 5) is 27.7. The molecule has 0 aliphatic heterocycles. The van der Waals surface area contributed by atoms with E-state index in [1.807, 2.05) is 0 Å². The highest BCUT2D eigenvalue weighted by atomic mass is 35.5. The van der Waals surface area contributed by atoms with Crippen molar-refractivity contribution >= 4 is 50.7 Å². The molecular weight excluding hydrogens is 602 g/mol. The molecule has 0 unspecified atom stereocenters. The molecule has 3 aromatic rings. The van der Waals surface area contributed by atoms with E-state index in [9.17, 15) is 31.2 Å². The SMILES string of the molecule is CC(C)NC(=O)[C@H](C)N(Cc1ccc(Cl)c(Cl)c1)C(=O)CN(c1cccc(C(F)(F)F)c1)S(=O)(=O)c1ccccc1. The summed E-state index contributed by atoms with van der Waals surface area (Å²) in [5, 5.41) is 3.18. The van der Waals surface area contributed by atoms with Crippen LogP contribution in [-0.2, 0) is 32.3 Å². The van der Waals surface area contributed by atoms with Crippen LogP contribution in [0.4, 0.5) is 18.9 Å². The van der Waals surface area contributed by atoms with E-state index >= 15 is 0 Å². The Bertz CT molecular complexity index is 1500. The molecule has 2 amide bonds. The van der Waals surface area contributed by atoms with Crippen molar-refractivity contribution in [2.45, 2.75) is 50.5 Å². The van der Waals surface area contributed by atoms with Gasteiger partial charge in [0.05, 0.1) is 26.2 Å². The maximum atomic E-state index is 13.8. The number of rotatable bonds is 10. The Balaban J connectivity index is 2.09. The van der Waals surface area contributed by atoms with Gasteiger partial charge in [0.15, 0.2) is 0 Å². The number of carbonyl (C=O) groups is 2. The van der Waals surface area contributed by atoms with Gasteiger partial charge < -0.3 is 10.2 Å². The summed E-state index contributed by atoms with van der Waals surface area (Å²) in [5.41, 5.74) is -0.965. The molecule has 0 bridgehead atoms. The maximum Gasteiger partial charge on any atom is 0.416 e. The van der Waals surface area contributed by atoms with Crippen LogP contribution in [0.15, 0.2) is 77.7 Å². The summed E-state index contributed by atoms with van der Waals surface area (Å²) in [6.07, 6.45) is -4.76. The second-order valence-corrected chi connectivity index (χ2v) is 12.2. The summed E-state index contributed by atoms with van der Waals surface area (Å²) in [7, 11) is -4.52. The first-order valence-electron chi connectivity index (χ1n) is 12.4. The second kappa shape index (κ2) is 13.1. The number of benzene rings is 3. The molecule has 41 heavy (non-hydrogen) atoms. The Kier molecular flexibility index (Phi) is 10.3. The number of halogens is 5. The third-order valence-electron chi connectivity index (χ3n) is 6.01. The highest BCUT2D eigenvalue weighted by molar-refractivity contribution is 7.92. The molecule has 0 aliphatic carbocycles. The van der Waals surface area contributed by atoms with Gasteiger partial charge >= 0.3 is 6.18 Å². The molecule has 0 aliphatic rings. The molecule has 3 rings (SSSR count). The fraction of sp³-hybridized carbons (Fsp3) is 0.286. The van der Waals surface area contributed by atoms with E-state index in [-0.39, 0.29) is 33.2 Å². The third kappa shape index (κ3) is 8.15. The van der Waals surface area contributed by atoms with Gasteiger partial charge in [-0.2, -0.15) is 13.2 Å². The topological polar surface area (TPSA) is 86.8 Å². The standard InChI is InChI=1S/C28H28Cl2F3N3O4S/c1-18(2)34-27(38)19(3)35(16-20-12-13-24(29)25(30)14-20)26(37)17-36(41(39,40)23-10-5-4-6-11-23)22-9-7-8-21(15-22)28(31,32)33/h4-15,18-19H,16-17H2,1-3H3,(H,34,38)/t19-/m0/s1. The van der Waals surface area contributed by atoms with Crippen LogP contribution in [0.25, 0.3) is 0 Å². The van der Waals surface area contributed by atoms with E-state index in [1.165, 1.54) is 49.4 Å². The molecule has 7 nitrogen and oxygen atoms in total. The van der Waals surface area contributed by atoms with Crippen molar-refractivity contribution in [1.82, 2.24) is 10.2 Å². The Labute approximate surface area is 246 Å². The molecule has 220 valence electrons. The lowest BCUT2D eigenvalue weighted by Gasteiger charge is -2.32. The number of hydrogen-bond donors (Lipinski definition) is 1. The van der Waals surface area contributed by atoms with Gasteiger partial charge in [0.2, 0.25) is 11.8 Å². The first-order chi connectivity index (χ1) is 19.1. The number of nitrogens with zero attached hydrogens (tertiary/aromatic N) is 2. The second-order valence-electron chi connectivity index (χ2n) is 9.48. The molecule has 1 N–H and O–H groups in total. The Morgan fingerprint density at radius 1 is 0.902 bits per heavy atom. The summed E-state index contributed by atoms with van der Waals surface area (Å²) in [5.74, 6) is -1.34. The van der Waals surface area contributed by atoms with E-state index in [0.29, 0.717) is 15.9 Å². The fourth-order valence-electron chi connectivity index (χ4n) is 3.91. The van der Waals surface area contributed by atoms with Gasteiger partial charge in [-0.3, -0.25) is 13.9 Å². The van der Waals surface area contributed by atoms with Crippen molar-refractivity contribution in [2.24, 2.45) is 0 Å². The molecule has 0 heterocycles. The number of hydrogen-bond acceptors (Lipinski definition) is 4. The summed E-state index contributed by atoms with van der Waals surface area (Å²) in [6, 6.07) is 14.0. The highest BCUT2D eigenvalue weighted by Gasteiger charge is 2.35. The molecular formula is C28H28Cl2F3N3O4S. The van der Waals surface area contributed by atoms with Crippen LogP contribution in [0.3, 0.4) is 0 Å². The van der Waals surface area contributed by atoms with Gasteiger partial charge in [-0.15, -0.1) is 0 Å². The van der Waals surface area contributed by atoms with Crippen LogP contribution in [0, 0.1) is 0 Å². The van der Waals surface area contributed by atoms with E-state index in [4.69, 9.17) is 23.2 Å². The van der Waals surface area contributed by atoms with Crippen LogP contribution in [0.5, 0.6) is 0 Å². The summed E-state index contributed by atoms with van der Waals surface area (Å²) < 4.78 is 68.6.